The molecule has 0 unspecified atom stereocenters. The Kier molecular flexibility index (Phi) is 4.40. The molecule has 1 aromatic heterocycles. The number of hydrogen-bond donors (Lipinski definition) is 1. The number of aromatic nitrogens is 1. The molecule has 0 saturated heterocycles. The van der Waals surface area contributed by atoms with Crippen LogP contribution in [0, 0.1) is 6.92 Å². The van der Waals surface area contributed by atoms with E-state index >= 15 is 0 Å². The summed E-state index contributed by atoms with van der Waals surface area (Å²) in [5.41, 5.74) is 3.33. The van der Waals surface area contributed by atoms with Gasteiger partial charge in [0, 0.05) is 6.07 Å². The molecule has 0 fully saturated rings. The van der Waals surface area contributed by atoms with Crippen LogP contribution in [-0.2, 0) is 16.4 Å². The first-order valence-corrected chi connectivity index (χ1v) is 9.12. The fourth-order valence-electron chi connectivity index (χ4n) is 2.53. The van der Waals surface area contributed by atoms with E-state index < -0.39 is 10.0 Å². The van der Waals surface area contributed by atoms with Gasteiger partial charge < -0.3 is 4.52 Å². The number of benzene rings is 2. The van der Waals surface area contributed by atoms with Crippen LogP contribution in [0.1, 0.15) is 18.2 Å². The predicted molar refractivity (Wildman–Crippen MR) is 93.3 cm³/mol. The van der Waals surface area contributed by atoms with E-state index in [4.69, 9.17) is 4.52 Å². The largest absolute Gasteiger partial charge is 0.360 e. The van der Waals surface area contributed by atoms with Crippen molar-refractivity contribution >= 4 is 15.8 Å². The fourth-order valence-corrected chi connectivity index (χ4v) is 3.52. The highest BCUT2D eigenvalue weighted by molar-refractivity contribution is 7.92. The maximum Gasteiger partial charge on any atom is 0.263 e. The first kappa shape index (κ1) is 16.3. The summed E-state index contributed by atoms with van der Waals surface area (Å²) in [4.78, 5) is 0.181. The molecule has 3 aromatic rings. The van der Waals surface area contributed by atoms with E-state index in [2.05, 4.69) is 22.9 Å². The Morgan fingerprint density at radius 2 is 1.79 bits per heavy atom. The summed E-state index contributed by atoms with van der Waals surface area (Å²) < 4.78 is 32.1. The van der Waals surface area contributed by atoms with Gasteiger partial charge in [-0.25, -0.2) is 8.42 Å². The van der Waals surface area contributed by atoms with Crippen LogP contribution in [0.5, 0.6) is 0 Å². The van der Waals surface area contributed by atoms with Crippen LogP contribution in [0.25, 0.3) is 11.1 Å². The lowest BCUT2D eigenvalue weighted by Crippen LogP contribution is -2.13. The molecule has 0 aliphatic carbocycles. The smallest absolute Gasteiger partial charge is 0.263 e. The molecule has 0 amide bonds. The van der Waals surface area contributed by atoms with Gasteiger partial charge >= 0.3 is 0 Å². The maximum absolute atomic E-state index is 12.4. The number of nitrogens with zero attached hydrogens (tertiary/aromatic N) is 1. The van der Waals surface area contributed by atoms with Crippen molar-refractivity contribution in [3.63, 3.8) is 0 Å². The van der Waals surface area contributed by atoms with Gasteiger partial charge in [0.1, 0.15) is 5.76 Å². The molecule has 0 atom stereocenters. The second kappa shape index (κ2) is 6.49. The van der Waals surface area contributed by atoms with Gasteiger partial charge in [-0.15, -0.1) is 0 Å². The van der Waals surface area contributed by atoms with Crippen molar-refractivity contribution < 1.29 is 12.9 Å². The number of aryl methyl sites for hydroxylation is 2. The van der Waals surface area contributed by atoms with Gasteiger partial charge in [0.05, 0.1) is 4.90 Å². The van der Waals surface area contributed by atoms with Crippen LogP contribution in [0.2, 0.25) is 0 Å². The predicted octanol–water partition coefficient (Wildman–Crippen LogP) is 4.01. The number of anilines is 1. The average molecular weight is 342 g/mol. The number of rotatable bonds is 5. The van der Waals surface area contributed by atoms with Gasteiger partial charge in [0.25, 0.3) is 10.0 Å². The molecule has 24 heavy (non-hydrogen) atoms. The van der Waals surface area contributed by atoms with E-state index in [-0.39, 0.29) is 10.7 Å². The summed E-state index contributed by atoms with van der Waals surface area (Å²) in [6.07, 6.45) is 0.920. The van der Waals surface area contributed by atoms with E-state index in [0.717, 1.165) is 17.5 Å². The van der Waals surface area contributed by atoms with E-state index in [1.54, 1.807) is 19.1 Å². The molecule has 0 radical (unpaired) electrons. The average Bonchev–Trinajstić information content (AvgIpc) is 2.99. The number of sulfonamides is 1. The van der Waals surface area contributed by atoms with Crippen LogP contribution in [0.15, 0.2) is 64.0 Å². The highest BCUT2D eigenvalue weighted by atomic mass is 32.2. The Morgan fingerprint density at radius 3 is 2.42 bits per heavy atom. The van der Waals surface area contributed by atoms with Crippen molar-refractivity contribution in [2.75, 3.05) is 4.72 Å². The molecule has 2 aromatic carbocycles. The van der Waals surface area contributed by atoms with E-state index in [9.17, 15) is 8.42 Å². The molecule has 0 aliphatic rings. The van der Waals surface area contributed by atoms with Crippen LogP contribution >= 0.6 is 0 Å². The molecule has 1 N–H and O–H groups in total. The van der Waals surface area contributed by atoms with E-state index in [1.165, 1.54) is 11.6 Å². The second-order valence-corrected chi connectivity index (χ2v) is 7.15. The highest BCUT2D eigenvalue weighted by Gasteiger charge is 2.16. The Bertz CT molecular complexity index is 944. The fraction of sp³-hybridized carbons (Fsp3) is 0.167. The third-order valence-corrected chi connectivity index (χ3v) is 5.11. The summed E-state index contributed by atoms with van der Waals surface area (Å²) >= 11 is 0. The molecule has 6 heteroatoms. The number of hydrogen-bond acceptors (Lipinski definition) is 4. The van der Waals surface area contributed by atoms with Gasteiger partial charge in [-0.3, -0.25) is 4.72 Å². The lowest BCUT2D eigenvalue weighted by molar-refractivity contribution is 0.400. The van der Waals surface area contributed by atoms with Crippen LogP contribution < -0.4 is 4.72 Å². The number of nitrogens with one attached hydrogen (secondary N) is 1. The van der Waals surface area contributed by atoms with Crippen molar-refractivity contribution in [3.05, 3.63) is 65.9 Å². The first-order chi connectivity index (χ1) is 11.5. The summed E-state index contributed by atoms with van der Waals surface area (Å²) in [5, 5.41) is 3.65. The molecule has 124 valence electrons. The molecule has 0 bridgehead atoms. The van der Waals surface area contributed by atoms with Crippen molar-refractivity contribution in [1.29, 1.82) is 0 Å². The van der Waals surface area contributed by atoms with Gasteiger partial charge in [-0.2, -0.15) is 0 Å². The Hall–Kier alpha value is -2.60. The second-order valence-electron chi connectivity index (χ2n) is 5.46. The van der Waals surface area contributed by atoms with Crippen molar-refractivity contribution in [3.8, 4) is 11.1 Å². The third kappa shape index (κ3) is 3.33. The Balaban J connectivity index is 1.88. The zero-order valence-corrected chi connectivity index (χ0v) is 14.3. The summed E-state index contributed by atoms with van der Waals surface area (Å²) in [6, 6.07) is 16.5. The topological polar surface area (TPSA) is 72.2 Å². The van der Waals surface area contributed by atoms with Gasteiger partial charge in [0.15, 0.2) is 5.82 Å². The Labute approximate surface area is 141 Å². The summed E-state index contributed by atoms with van der Waals surface area (Å²) in [5.74, 6) is 0.715. The molecule has 3 rings (SSSR count). The minimum atomic E-state index is -3.69. The summed E-state index contributed by atoms with van der Waals surface area (Å²) in [6.45, 7) is 3.80. The molecule has 5 nitrogen and oxygen atoms in total. The van der Waals surface area contributed by atoms with Crippen molar-refractivity contribution in [2.24, 2.45) is 0 Å². The monoisotopic (exact) mass is 342 g/mol. The lowest BCUT2D eigenvalue weighted by Gasteiger charge is -2.09. The van der Waals surface area contributed by atoms with E-state index in [1.807, 2.05) is 30.3 Å². The summed E-state index contributed by atoms with van der Waals surface area (Å²) in [7, 11) is -3.69. The van der Waals surface area contributed by atoms with Crippen LogP contribution in [0.3, 0.4) is 0 Å². The minimum Gasteiger partial charge on any atom is -0.360 e. The van der Waals surface area contributed by atoms with Gasteiger partial charge in [-0.1, -0.05) is 48.5 Å². The molecule has 0 aliphatic heterocycles. The van der Waals surface area contributed by atoms with Gasteiger partial charge in [-0.05, 0) is 42.2 Å². The normalized spacial score (nSPS) is 11.4. The zero-order chi connectivity index (χ0) is 17.2. The molecule has 0 spiro atoms. The Morgan fingerprint density at radius 1 is 1.08 bits per heavy atom. The van der Waals surface area contributed by atoms with Gasteiger partial charge in [0.2, 0.25) is 0 Å². The minimum absolute atomic E-state index is 0.174. The third-order valence-electron chi connectivity index (χ3n) is 3.74. The van der Waals surface area contributed by atoms with Crippen LogP contribution in [0.4, 0.5) is 5.82 Å². The lowest BCUT2D eigenvalue weighted by atomic mass is 9.98. The quantitative estimate of drug-likeness (QED) is 0.760. The van der Waals surface area contributed by atoms with E-state index in [0.29, 0.717) is 5.76 Å². The zero-order valence-electron chi connectivity index (χ0n) is 13.5. The molecule has 1 heterocycles. The van der Waals surface area contributed by atoms with Crippen molar-refractivity contribution in [1.82, 2.24) is 5.16 Å². The van der Waals surface area contributed by atoms with Crippen molar-refractivity contribution in [2.45, 2.75) is 25.2 Å². The standard InChI is InChI=1S/C18H18N2O3S/c1-3-14-6-4-5-7-17(14)15-8-10-16(11-9-15)24(21,22)20-18-12-13(2)23-19-18/h4-12H,3H2,1-2H3,(H,19,20). The highest BCUT2D eigenvalue weighted by Crippen LogP contribution is 2.26. The maximum atomic E-state index is 12.4. The first-order valence-electron chi connectivity index (χ1n) is 7.64. The van der Waals surface area contributed by atoms with Crippen LogP contribution in [-0.4, -0.2) is 13.6 Å². The molecular formula is C18H18N2O3S. The SMILES string of the molecule is CCc1ccccc1-c1ccc(S(=O)(=O)Nc2cc(C)on2)cc1. The molecule has 0 saturated carbocycles. The molecular weight excluding hydrogens is 324 g/mol.